The van der Waals surface area contributed by atoms with Crippen LogP contribution in [-0.4, -0.2) is 24.4 Å². The van der Waals surface area contributed by atoms with Gasteiger partial charge < -0.3 is 10.6 Å². The second-order valence-electron chi connectivity index (χ2n) is 4.67. The lowest BCUT2D eigenvalue weighted by molar-refractivity contribution is -0.131. The van der Waals surface area contributed by atoms with E-state index in [1.54, 1.807) is 4.90 Å². The van der Waals surface area contributed by atoms with Crippen molar-refractivity contribution >= 4 is 5.91 Å². The Morgan fingerprint density at radius 3 is 2.94 bits per heavy atom. The fourth-order valence-electron chi connectivity index (χ4n) is 1.89. The Labute approximate surface area is 108 Å². The summed E-state index contributed by atoms with van der Waals surface area (Å²) in [5.74, 6) is 6.37. The molecule has 1 fully saturated rings. The van der Waals surface area contributed by atoms with Gasteiger partial charge in [0.25, 0.3) is 0 Å². The van der Waals surface area contributed by atoms with Crippen LogP contribution >= 0.6 is 0 Å². The number of amides is 1. The molecule has 0 aromatic heterocycles. The molecule has 0 radical (unpaired) electrons. The second-order valence-corrected chi connectivity index (χ2v) is 4.67. The molecule has 0 heterocycles. The molecule has 1 amide bonds. The zero-order valence-corrected chi connectivity index (χ0v) is 10.6. The molecule has 2 N–H and O–H groups in total. The van der Waals surface area contributed by atoms with Gasteiger partial charge in [-0.15, -0.1) is 0 Å². The van der Waals surface area contributed by atoms with E-state index < -0.39 is 0 Å². The van der Waals surface area contributed by atoms with E-state index in [9.17, 15) is 4.79 Å². The Kier molecular flexibility index (Phi) is 4.01. The Hall–Kier alpha value is -1.79. The van der Waals surface area contributed by atoms with Gasteiger partial charge in [0.15, 0.2) is 0 Å². The molecule has 94 valence electrons. The van der Waals surface area contributed by atoms with Crippen molar-refractivity contribution < 1.29 is 4.79 Å². The Morgan fingerprint density at radius 2 is 2.28 bits per heavy atom. The Bertz CT molecular complexity index is 495. The van der Waals surface area contributed by atoms with Crippen molar-refractivity contribution in [1.29, 1.82) is 0 Å². The van der Waals surface area contributed by atoms with Crippen molar-refractivity contribution in [3.63, 3.8) is 0 Å². The van der Waals surface area contributed by atoms with Crippen LogP contribution < -0.4 is 5.73 Å². The Balaban J connectivity index is 2.02. The van der Waals surface area contributed by atoms with Gasteiger partial charge in [-0.1, -0.05) is 24.0 Å². The molecule has 0 bridgehead atoms. The zero-order chi connectivity index (χ0) is 13.0. The molecule has 0 atom stereocenters. The minimum Gasteiger partial charge on any atom is -0.341 e. The average molecular weight is 242 g/mol. The number of nitrogens with two attached hydrogens (primary N) is 1. The first-order chi connectivity index (χ1) is 8.70. The van der Waals surface area contributed by atoms with Crippen LogP contribution in [0.2, 0.25) is 0 Å². The summed E-state index contributed by atoms with van der Waals surface area (Å²) in [6.45, 7) is 1.01. The number of hydrogen-bond acceptors (Lipinski definition) is 2. The topological polar surface area (TPSA) is 46.3 Å². The van der Waals surface area contributed by atoms with E-state index in [1.807, 2.05) is 31.3 Å². The summed E-state index contributed by atoms with van der Waals surface area (Å²) in [7, 11) is 1.86. The highest BCUT2D eigenvalue weighted by atomic mass is 16.2. The van der Waals surface area contributed by atoms with Crippen molar-refractivity contribution in [3.8, 4) is 11.8 Å². The van der Waals surface area contributed by atoms with Crippen LogP contribution in [0.5, 0.6) is 0 Å². The van der Waals surface area contributed by atoms with Crippen LogP contribution in [0.1, 0.15) is 24.0 Å². The highest BCUT2D eigenvalue weighted by Crippen LogP contribution is 2.30. The van der Waals surface area contributed by atoms with Gasteiger partial charge in [-0.05, 0) is 30.5 Å². The molecular formula is C15H18N2O. The predicted molar refractivity (Wildman–Crippen MR) is 71.6 cm³/mol. The molecule has 1 aliphatic carbocycles. The van der Waals surface area contributed by atoms with E-state index in [4.69, 9.17) is 5.73 Å². The van der Waals surface area contributed by atoms with E-state index >= 15 is 0 Å². The third kappa shape index (κ3) is 3.35. The average Bonchev–Trinajstić information content (AvgIpc) is 3.20. The standard InChI is InChI=1S/C15H18N2O/c1-17(15(18)14-7-8-14)11-13-5-2-4-12(10-13)6-3-9-16/h2,4-5,10,14H,7-9,11,16H2,1H3. The minimum atomic E-state index is 0.258. The number of nitrogens with zero attached hydrogens (tertiary/aromatic N) is 1. The lowest BCUT2D eigenvalue weighted by atomic mass is 10.1. The lowest BCUT2D eigenvalue weighted by Gasteiger charge is -2.17. The maximum atomic E-state index is 11.8. The van der Waals surface area contributed by atoms with Crippen LogP contribution in [0.4, 0.5) is 0 Å². The van der Waals surface area contributed by atoms with E-state index in [0.717, 1.165) is 24.0 Å². The fourth-order valence-corrected chi connectivity index (χ4v) is 1.89. The molecule has 3 nitrogen and oxygen atoms in total. The number of rotatable bonds is 3. The molecule has 3 heteroatoms. The normalized spacial score (nSPS) is 13.7. The highest BCUT2D eigenvalue weighted by Gasteiger charge is 2.31. The minimum absolute atomic E-state index is 0.258. The van der Waals surface area contributed by atoms with Gasteiger partial charge in [-0.2, -0.15) is 0 Å². The van der Waals surface area contributed by atoms with Gasteiger partial charge in [0, 0.05) is 25.1 Å². The molecule has 0 saturated heterocycles. The summed E-state index contributed by atoms with van der Waals surface area (Å²) in [4.78, 5) is 13.6. The molecule has 0 unspecified atom stereocenters. The van der Waals surface area contributed by atoms with E-state index in [-0.39, 0.29) is 11.8 Å². The zero-order valence-electron chi connectivity index (χ0n) is 10.6. The third-order valence-electron chi connectivity index (χ3n) is 2.98. The van der Waals surface area contributed by atoms with Crippen molar-refractivity contribution in [2.45, 2.75) is 19.4 Å². The smallest absolute Gasteiger partial charge is 0.225 e. The molecule has 1 aromatic rings. The van der Waals surface area contributed by atoms with Gasteiger partial charge in [-0.25, -0.2) is 0 Å². The van der Waals surface area contributed by atoms with Gasteiger partial charge in [0.2, 0.25) is 5.91 Å². The molecule has 1 aromatic carbocycles. The SMILES string of the molecule is CN(Cc1cccc(C#CCN)c1)C(=O)C1CC1. The molecular weight excluding hydrogens is 224 g/mol. The summed E-state index contributed by atoms with van der Waals surface area (Å²) in [6, 6.07) is 7.95. The highest BCUT2D eigenvalue weighted by molar-refractivity contribution is 5.80. The Morgan fingerprint density at radius 1 is 1.50 bits per heavy atom. The number of hydrogen-bond donors (Lipinski definition) is 1. The fraction of sp³-hybridized carbons (Fsp3) is 0.400. The summed E-state index contributed by atoms with van der Waals surface area (Å²) in [5.41, 5.74) is 7.40. The molecule has 0 aliphatic heterocycles. The lowest BCUT2D eigenvalue weighted by Crippen LogP contribution is -2.27. The first-order valence-electron chi connectivity index (χ1n) is 6.23. The van der Waals surface area contributed by atoms with Crippen molar-refractivity contribution in [2.75, 3.05) is 13.6 Å². The maximum Gasteiger partial charge on any atom is 0.225 e. The summed E-state index contributed by atoms with van der Waals surface area (Å²) in [6.07, 6.45) is 2.09. The maximum absolute atomic E-state index is 11.8. The quantitative estimate of drug-likeness (QED) is 0.814. The van der Waals surface area contributed by atoms with Crippen LogP contribution in [0.25, 0.3) is 0 Å². The first-order valence-corrected chi connectivity index (χ1v) is 6.23. The number of carbonyl (C=O) groups is 1. The number of benzene rings is 1. The van der Waals surface area contributed by atoms with Crippen molar-refractivity contribution in [1.82, 2.24) is 4.90 Å². The van der Waals surface area contributed by atoms with E-state index in [1.165, 1.54) is 0 Å². The monoisotopic (exact) mass is 242 g/mol. The predicted octanol–water partition coefficient (Wildman–Crippen LogP) is 1.37. The summed E-state index contributed by atoms with van der Waals surface area (Å²) in [5, 5.41) is 0. The molecule has 18 heavy (non-hydrogen) atoms. The summed E-state index contributed by atoms with van der Waals surface area (Å²) >= 11 is 0. The van der Waals surface area contributed by atoms with E-state index in [2.05, 4.69) is 11.8 Å². The van der Waals surface area contributed by atoms with Gasteiger partial charge >= 0.3 is 0 Å². The molecule has 0 spiro atoms. The molecule has 1 saturated carbocycles. The van der Waals surface area contributed by atoms with Crippen molar-refractivity contribution in [3.05, 3.63) is 35.4 Å². The van der Waals surface area contributed by atoms with Crippen LogP contribution in [0, 0.1) is 17.8 Å². The third-order valence-corrected chi connectivity index (χ3v) is 2.98. The largest absolute Gasteiger partial charge is 0.341 e. The van der Waals surface area contributed by atoms with E-state index in [0.29, 0.717) is 13.1 Å². The van der Waals surface area contributed by atoms with Crippen LogP contribution in [0.3, 0.4) is 0 Å². The first kappa shape index (κ1) is 12.7. The van der Waals surface area contributed by atoms with Crippen LogP contribution in [0.15, 0.2) is 24.3 Å². The van der Waals surface area contributed by atoms with Gasteiger partial charge in [0.1, 0.15) is 0 Å². The van der Waals surface area contributed by atoms with Gasteiger partial charge in [0.05, 0.1) is 6.54 Å². The second kappa shape index (κ2) is 5.70. The van der Waals surface area contributed by atoms with Crippen molar-refractivity contribution in [2.24, 2.45) is 11.7 Å². The molecule has 1 aliphatic rings. The van der Waals surface area contributed by atoms with Crippen LogP contribution in [-0.2, 0) is 11.3 Å². The number of carbonyl (C=O) groups excluding carboxylic acids is 1. The molecule has 2 rings (SSSR count). The van der Waals surface area contributed by atoms with Gasteiger partial charge in [-0.3, -0.25) is 4.79 Å². The summed E-state index contributed by atoms with van der Waals surface area (Å²) < 4.78 is 0.